The first-order valence-electron chi connectivity index (χ1n) is 4.51. The third kappa shape index (κ3) is 3.48. The van der Waals surface area contributed by atoms with Crippen molar-refractivity contribution >= 4 is 31.5 Å². The largest absolute Gasteiger partial charge is 0.276 e. The second-order valence-corrected chi connectivity index (χ2v) is 5.43. The van der Waals surface area contributed by atoms with Crippen molar-refractivity contribution in [3.05, 3.63) is 41.1 Å². The molecule has 0 aliphatic rings. The summed E-state index contributed by atoms with van der Waals surface area (Å²) in [6, 6.07) is 7.55. The van der Waals surface area contributed by atoms with E-state index >= 15 is 0 Å². The van der Waals surface area contributed by atoms with Crippen molar-refractivity contribution < 1.29 is 4.79 Å². The highest BCUT2D eigenvalue weighted by atomic mass is 35.5. The number of halogens is 1. The lowest BCUT2D eigenvalue weighted by Gasteiger charge is -1.97. The summed E-state index contributed by atoms with van der Waals surface area (Å²) in [5, 5.41) is 0.938. The van der Waals surface area contributed by atoms with Gasteiger partial charge in [0.1, 0.15) is 0 Å². The molecule has 0 fully saturated rings. The molecule has 0 atom stereocenters. The van der Waals surface area contributed by atoms with Crippen molar-refractivity contribution in [3.63, 3.8) is 0 Å². The van der Waals surface area contributed by atoms with Crippen LogP contribution in [0.2, 0.25) is 0 Å². The molecular formula is C11H13ClOSi. The summed E-state index contributed by atoms with van der Waals surface area (Å²) >= 11 is 5.34. The number of hydrogen-bond acceptors (Lipinski definition) is 1. The van der Waals surface area contributed by atoms with Gasteiger partial charge < -0.3 is 0 Å². The number of carbonyl (C=O) groups excluding carboxylic acids is 1. The molecular weight excluding hydrogens is 212 g/mol. The third-order valence-electron chi connectivity index (χ3n) is 1.93. The molecule has 0 amide bonds. The van der Waals surface area contributed by atoms with Crippen LogP contribution in [-0.2, 0) is 0 Å². The Balaban J connectivity index is 2.74. The van der Waals surface area contributed by atoms with Crippen LogP contribution >= 0.6 is 11.6 Å². The van der Waals surface area contributed by atoms with E-state index in [4.69, 9.17) is 11.6 Å². The zero-order chi connectivity index (χ0) is 10.6. The molecule has 0 bridgehead atoms. The van der Waals surface area contributed by atoms with Gasteiger partial charge in [0.15, 0.2) is 0 Å². The molecule has 1 nitrogen and oxygen atoms in total. The van der Waals surface area contributed by atoms with E-state index in [1.54, 1.807) is 12.1 Å². The average Bonchev–Trinajstić information content (AvgIpc) is 2.15. The lowest BCUT2D eigenvalue weighted by atomic mass is 10.2. The van der Waals surface area contributed by atoms with Gasteiger partial charge in [0.05, 0.1) is 9.52 Å². The third-order valence-corrected chi connectivity index (χ3v) is 4.11. The predicted octanol–water partition coefficient (Wildman–Crippen LogP) is 1.78. The fourth-order valence-corrected chi connectivity index (χ4v) is 2.37. The minimum Gasteiger partial charge on any atom is -0.276 e. The van der Waals surface area contributed by atoms with Crippen molar-refractivity contribution in [2.45, 2.75) is 13.8 Å². The van der Waals surface area contributed by atoms with Crippen LogP contribution in [0.1, 0.15) is 24.2 Å². The van der Waals surface area contributed by atoms with Crippen molar-refractivity contribution in [3.8, 4) is 0 Å². The standard InChI is InChI=1S/C11H13ClOSi/c1-8(2)7-14-10-5-3-9(4-6-10)11(12)13/h3-7H,14H2,1-2H3. The van der Waals surface area contributed by atoms with Crippen molar-refractivity contribution in [1.29, 1.82) is 0 Å². The van der Waals surface area contributed by atoms with E-state index in [1.165, 1.54) is 10.8 Å². The van der Waals surface area contributed by atoms with E-state index in [-0.39, 0.29) is 14.8 Å². The van der Waals surface area contributed by atoms with Gasteiger partial charge in [-0.05, 0) is 25.4 Å². The number of rotatable bonds is 3. The summed E-state index contributed by atoms with van der Waals surface area (Å²) in [5.41, 5.74) is 4.22. The van der Waals surface area contributed by atoms with Crippen molar-refractivity contribution in [2.24, 2.45) is 0 Å². The predicted molar refractivity (Wildman–Crippen MR) is 64.2 cm³/mol. The second kappa shape index (κ2) is 5.13. The molecule has 0 saturated heterocycles. The summed E-state index contributed by atoms with van der Waals surface area (Å²) in [4.78, 5) is 10.8. The molecule has 1 rings (SSSR count). The van der Waals surface area contributed by atoms with Gasteiger partial charge in [0.2, 0.25) is 0 Å². The van der Waals surface area contributed by atoms with Crippen LogP contribution in [0.4, 0.5) is 0 Å². The van der Waals surface area contributed by atoms with Crippen LogP contribution in [0, 0.1) is 0 Å². The van der Waals surface area contributed by atoms with Crippen LogP contribution in [-0.4, -0.2) is 14.8 Å². The van der Waals surface area contributed by atoms with Crippen LogP contribution in [0.25, 0.3) is 0 Å². The number of benzene rings is 1. The van der Waals surface area contributed by atoms with E-state index in [9.17, 15) is 4.79 Å². The summed E-state index contributed by atoms with van der Waals surface area (Å²) < 4.78 is 0. The summed E-state index contributed by atoms with van der Waals surface area (Å²) in [6.45, 7) is 4.20. The maximum atomic E-state index is 10.8. The Morgan fingerprint density at radius 3 is 2.29 bits per heavy atom. The van der Waals surface area contributed by atoms with Gasteiger partial charge in [-0.15, -0.1) is 0 Å². The first-order chi connectivity index (χ1) is 6.59. The van der Waals surface area contributed by atoms with Crippen LogP contribution in [0.3, 0.4) is 0 Å². The quantitative estimate of drug-likeness (QED) is 0.565. The molecule has 0 unspecified atom stereocenters. The van der Waals surface area contributed by atoms with Gasteiger partial charge in [-0.25, -0.2) is 0 Å². The molecule has 0 radical (unpaired) electrons. The van der Waals surface area contributed by atoms with Crippen molar-refractivity contribution in [2.75, 3.05) is 0 Å². The van der Waals surface area contributed by atoms with Gasteiger partial charge >= 0.3 is 0 Å². The van der Waals surface area contributed by atoms with E-state index in [0.29, 0.717) is 5.56 Å². The van der Waals surface area contributed by atoms with E-state index in [2.05, 4.69) is 19.5 Å². The number of hydrogen-bond donors (Lipinski definition) is 0. The SMILES string of the molecule is CC(C)=C[SiH2]c1ccc(C(=O)Cl)cc1. The molecule has 0 aromatic heterocycles. The summed E-state index contributed by atoms with van der Waals surface area (Å²) in [5.74, 6) is 0. The van der Waals surface area contributed by atoms with Crippen molar-refractivity contribution in [1.82, 2.24) is 0 Å². The Hall–Kier alpha value is -0.863. The van der Waals surface area contributed by atoms with Crippen LogP contribution in [0.5, 0.6) is 0 Å². The molecule has 0 aliphatic carbocycles. The van der Waals surface area contributed by atoms with E-state index < -0.39 is 0 Å². The molecule has 3 heteroatoms. The molecule has 74 valence electrons. The Kier molecular flexibility index (Phi) is 4.11. The maximum Gasteiger partial charge on any atom is 0.252 e. The summed E-state index contributed by atoms with van der Waals surface area (Å²) in [6.07, 6.45) is 0. The van der Waals surface area contributed by atoms with Crippen LogP contribution in [0.15, 0.2) is 35.5 Å². The fraction of sp³-hybridized carbons (Fsp3) is 0.182. The minimum absolute atomic E-state index is 0.316. The zero-order valence-electron chi connectivity index (χ0n) is 8.38. The van der Waals surface area contributed by atoms with E-state index in [0.717, 1.165) is 0 Å². The first-order valence-corrected chi connectivity index (χ1v) is 6.42. The molecule has 0 heterocycles. The monoisotopic (exact) mass is 224 g/mol. The topological polar surface area (TPSA) is 17.1 Å². The number of carbonyl (C=O) groups is 1. The van der Waals surface area contributed by atoms with Crippen LogP contribution < -0.4 is 5.19 Å². The maximum absolute atomic E-state index is 10.8. The lowest BCUT2D eigenvalue weighted by Crippen LogP contribution is -2.12. The molecule has 0 N–H and O–H groups in total. The first kappa shape index (κ1) is 11.2. The lowest BCUT2D eigenvalue weighted by molar-refractivity contribution is 0.108. The molecule has 1 aromatic rings. The van der Waals surface area contributed by atoms with Gasteiger partial charge in [-0.3, -0.25) is 4.79 Å². The van der Waals surface area contributed by atoms with Gasteiger partial charge in [0.25, 0.3) is 5.24 Å². The molecule has 0 saturated carbocycles. The second-order valence-electron chi connectivity index (χ2n) is 3.46. The highest BCUT2D eigenvalue weighted by Gasteiger charge is 1.99. The average molecular weight is 225 g/mol. The Bertz CT molecular complexity index is 350. The minimum atomic E-state index is -0.388. The van der Waals surface area contributed by atoms with E-state index in [1.807, 2.05) is 12.1 Å². The summed E-state index contributed by atoms with van der Waals surface area (Å²) in [7, 11) is -0.316. The highest BCUT2D eigenvalue weighted by molar-refractivity contribution is 6.67. The fourth-order valence-electron chi connectivity index (χ4n) is 1.09. The highest BCUT2D eigenvalue weighted by Crippen LogP contribution is 2.01. The molecule has 14 heavy (non-hydrogen) atoms. The Morgan fingerprint density at radius 2 is 1.86 bits per heavy atom. The Morgan fingerprint density at radius 1 is 1.29 bits per heavy atom. The van der Waals surface area contributed by atoms with Gasteiger partial charge in [0, 0.05) is 5.56 Å². The zero-order valence-corrected chi connectivity index (χ0v) is 10.6. The normalized spacial score (nSPS) is 10.5. The molecule has 0 spiro atoms. The Labute approximate surface area is 91.6 Å². The smallest absolute Gasteiger partial charge is 0.252 e. The van der Waals surface area contributed by atoms with Gasteiger partial charge in [-0.2, -0.15) is 0 Å². The molecule has 0 aliphatic heterocycles. The van der Waals surface area contributed by atoms with Gasteiger partial charge in [-0.1, -0.05) is 40.7 Å². The number of allylic oxidation sites excluding steroid dienone is 1. The molecule has 1 aromatic carbocycles.